The van der Waals surface area contributed by atoms with Crippen molar-refractivity contribution in [3.8, 4) is 0 Å². The second-order valence-electron chi connectivity index (χ2n) is 3.42. The number of nitrogens with zero attached hydrogens (tertiary/aromatic N) is 3. The van der Waals surface area contributed by atoms with E-state index in [-0.39, 0.29) is 18.1 Å². The summed E-state index contributed by atoms with van der Waals surface area (Å²) >= 11 is 0. The lowest BCUT2D eigenvalue weighted by atomic mass is 10.4. The molecular weight excluding hydrogens is 224 g/mol. The van der Waals surface area contributed by atoms with Gasteiger partial charge in [0.05, 0.1) is 26.0 Å². The Morgan fingerprint density at radius 2 is 2.06 bits per heavy atom. The highest BCUT2D eigenvalue weighted by Gasteiger charge is 2.08. The van der Waals surface area contributed by atoms with Crippen molar-refractivity contribution in [3.05, 3.63) is 18.1 Å². The zero-order chi connectivity index (χ0) is 12.8. The van der Waals surface area contributed by atoms with Crippen LogP contribution >= 0.6 is 0 Å². The summed E-state index contributed by atoms with van der Waals surface area (Å²) in [7, 11) is 4.60. The summed E-state index contributed by atoms with van der Waals surface area (Å²) in [5, 5.41) is 2.79. The average molecular weight is 238 g/mol. The van der Waals surface area contributed by atoms with Crippen molar-refractivity contribution in [2.75, 3.05) is 33.1 Å². The number of ether oxygens (including phenoxy) is 1. The predicted molar refractivity (Wildman–Crippen MR) is 60.6 cm³/mol. The van der Waals surface area contributed by atoms with Crippen LogP contribution in [0.3, 0.4) is 0 Å². The predicted octanol–water partition coefficient (Wildman–Crippen LogP) is -0.237. The molecule has 7 heteroatoms. The molecule has 0 atom stereocenters. The molecule has 0 aliphatic rings. The number of rotatable bonds is 4. The van der Waals surface area contributed by atoms with E-state index in [1.165, 1.54) is 24.4 Å². The molecule has 0 aliphatic carbocycles. The van der Waals surface area contributed by atoms with Crippen LogP contribution in [0.5, 0.6) is 0 Å². The molecule has 0 spiro atoms. The van der Waals surface area contributed by atoms with E-state index in [1.54, 1.807) is 14.1 Å². The highest BCUT2D eigenvalue weighted by molar-refractivity contribution is 5.86. The van der Waals surface area contributed by atoms with Gasteiger partial charge in [0.15, 0.2) is 5.69 Å². The van der Waals surface area contributed by atoms with Crippen molar-refractivity contribution in [2.24, 2.45) is 0 Å². The summed E-state index contributed by atoms with van der Waals surface area (Å²) in [5.74, 6) is -0.204. The zero-order valence-corrected chi connectivity index (χ0v) is 9.93. The first-order valence-corrected chi connectivity index (χ1v) is 4.89. The molecule has 1 aromatic heterocycles. The molecule has 1 heterocycles. The number of nitrogens with one attached hydrogen (secondary N) is 1. The van der Waals surface area contributed by atoms with Crippen molar-refractivity contribution < 1.29 is 14.3 Å². The quantitative estimate of drug-likeness (QED) is 0.729. The van der Waals surface area contributed by atoms with Gasteiger partial charge in [-0.3, -0.25) is 4.79 Å². The summed E-state index contributed by atoms with van der Waals surface area (Å²) in [6, 6.07) is 0. The Morgan fingerprint density at radius 3 is 2.53 bits per heavy atom. The normalized spacial score (nSPS) is 9.59. The van der Waals surface area contributed by atoms with Gasteiger partial charge in [0.2, 0.25) is 5.91 Å². The highest BCUT2D eigenvalue weighted by Crippen LogP contribution is 2.01. The summed E-state index contributed by atoms with van der Waals surface area (Å²) in [6.45, 7) is 0.124. The molecule has 0 saturated heterocycles. The van der Waals surface area contributed by atoms with Crippen LogP contribution in [0.15, 0.2) is 12.4 Å². The van der Waals surface area contributed by atoms with Gasteiger partial charge in [-0.15, -0.1) is 0 Å². The first-order chi connectivity index (χ1) is 8.04. The minimum absolute atomic E-state index is 0.0798. The molecule has 0 bridgehead atoms. The lowest BCUT2D eigenvalue weighted by molar-refractivity contribution is -0.126. The number of anilines is 1. The van der Waals surface area contributed by atoms with E-state index in [2.05, 4.69) is 20.0 Å². The maximum Gasteiger partial charge on any atom is 0.358 e. The van der Waals surface area contributed by atoms with Gasteiger partial charge in [-0.25, -0.2) is 14.8 Å². The van der Waals surface area contributed by atoms with Crippen LogP contribution in [0.2, 0.25) is 0 Å². The van der Waals surface area contributed by atoms with Crippen molar-refractivity contribution >= 4 is 17.7 Å². The number of aromatic nitrogens is 2. The Hall–Kier alpha value is -2.18. The van der Waals surface area contributed by atoms with Crippen LogP contribution in [0.1, 0.15) is 10.5 Å². The fourth-order valence-corrected chi connectivity index (χ4v) is 0.954. The zero-order valence-electron chi connectivity index (χ0n) is 9.93. The van der Waals surface area contributed by atoms with Gasteiger partial charge in [-0.1, -0.05) is 0 Å². The van der Waals surface area contributed by atoms with Crippen LogP contribution in [-0.2, 0) is 9.53 Å². The SMILES string of the molecule is COC(=O)c1cnc(NCC(=O)N(C)C)cn1. The Kier molecular flexibility index (Phi) is 4.38. The molecule has 0 aliphatic heterocycles. The van der Waals surface area contributed by atoms with Crippen molar-refractivity contribution in [3.63, 3.8) is 0 Å². The highest BCUT2D eigenvalue weighted by atomic mass is 16.5. The molecule has 7 nitrogen and oxygen atoms in total. The number of hydrogen-bond acceptors (Lipinski definition) is 6. The van der Waals surface area contributed by atoms with E-state index < -0.39 is 5.97 Å². The van der Waals surface area contributed by atoms with E-state index in [4.69, 9.17) is 0 Å². The topological polar surface area (TPSA) is 84.4 Å². The van der Waals surface area contributed by atoms with Crippen LogP contribution in [0, 0.1) is 0 Å². The van der Waals surface area contributed by atoms with Crippen LogP contribution in [-0.4, -0.2) is 54.5 Å². The largest absolute Gasteiger partial charge is 0.464 e. The maximum atomic E-state index is 11.3. The Morgan fingerprint density at radius 1 is 1.35 bits per heavy atom. The molecule has 1 aromatic rings. The molecule has 0 unspecified atom stereocenters. The third-order valence-corrected chi connectivity index (χ3v) is 1.97. The summed E-state index contributed by atoms with van der Waals surface area (Å²) in [4.78, 5) is 31.6. The monoisotopic (exact) mass is 238 g/mol. The number of carbonyl (C=O) groups is 2. The number of likely N-dealkylation sites (N-methyl/N-ethyl adjacent to an activating group) is 1. The third kappa shape index (κ3) is 3.71. The summed E-state index contributed by atoms with van der Waals surface area (Å²) < 4.78 is 4.48. The van der Waals surface area contributed by atoms with Gasteiger partial charge in [0.1, 0.15) is 5.82 Å². The first kappa shape index (κ1) is 12.9. The second-order valence-corrected chi connectivity index (χ2v) is 3.42. The molecule has 1 rings (SSSR count). The van der Waals surface area contributed by atoms with Gasteiger partial charge in [0.25, 0.3) is 0 Å². The number of esters is 1. The molecule has 1 amide bonds. The van der Waals surface area contributed by atoms with E-state index in [9.17, 15) is 9.59 Å². The van der Waals surface area contributed by atoms with E-state index in [1.807, 2.05) is 0 Å². The van der Waals surface area contributed by atoms with E-state index in [0.717, 1.165) is 0 Å². The van der Waals surface area contributed by atoms with Crippen LogP contribution in [0.4, 0.5) is 5.82 Å². The summed E-state index contributed by atoms with van der Waals surface area (Å²) in [5.41, 5.74) is 0.122. The Balaban J connectivity index is 2.57. The van der Waals surface area contributed by atoms with Crippen LogP contribution in [0.25, 0.3) is 0 Å². The number of hydrogen-bond donors (Lipinski definition) is 1. The number of methoxy groups -OCH3 is 1. The average Bonchev–Trinajstić information content (AvgIpc) is 2.35. The second kappa shape index (κ2) is 5.78. The lowest BCUT2D eigenvalue weighted by Crippen LogP contribution is -2.28. The molecule has 17 heavy (non-hydrogen) atoms. The standard InChI is InChI=1S/C10H14N4O3/c1-14(2)9(15)6-13-8-5-11-7(4-12-8)10(16)17-3/h4-5H,6H2,1-3H3,(H,12,13). The fraction of sp³-hybridized carbons (Fsp3) is 0.400. The van der Waals surface area contributed by atoms with Gasteiger partial charge >= 0.3 is 5.97 Å². The number of amides is 1. The molecule has 0 aromatic carbocycles. The maximum absolute atomic E-state index is 11.3. The van der Waals surface area contributed by atoms with E-state index >= 15 is 0 Å². The first-order valence-electron chi connectivity index (χ1n) is 4.89. The Labute approximate surface area is 98.8 Å². The third-order valence-electron chi connectivity index (χ3n) is 1.97. The number of carbonyl (C=O) groups excluding carboxylic acids is 2. The van der Waals surface area contributed by atoms with Crippen molar-refractivity contribution in [1.82, 2.24) is 14.9 Å². The molecule has 0 radical (unpaired) electrons. The van der Waals surface area contributed by atoms with Crippen molar-refractivity contribution in [1.29, 1.82) is 0 Å². The minimum Gasteiger partial charge on any atom is -0.464 e. The smallest absolute Gasteiger partial charge is 0.358 e. The van der Waals surface area contributed by atoms with Gasteiger partial charge in [-0.05, 0) is 0 Å². The molecule has 1 N–H and O–H groups in total. The van der Waals surface area contributed by atoms with Gasteiger partial charge < -0.3 is 15.0 Å². The Bertz CT molecular complexity index is 403. The molecular formula is C10H14N4O3. The van der Waals surface area contributed by atoms with Gasteiger partial charge in [0, 0.05) is 14.1 Å². The molecule has 0 saturated carbocycles. The summed E-state index contributed by atoms with van der Waals surface area (Å²) in [6.07, 6.45) is 2.66. The molecule has 92 valence electrons. The van der Waals surface area contributed by atoms with Crippen LogP contribution < -0.4 is 5.32 Å². The minimum atomic E-state index is -0.548. The van der Waals surface area contributed by atoms with Crippen molar-refractivity contribution in [2.45, 2.75) is 0 Å². The van der Waals surface area contributed by atoms with Gasteiger partial charge in [-0.2, -0.15) is 0 Å². The fourth-order valence-electron chi connectivity index (χ4n) is 0.954. The molecule has 0 fully saturated rings. The lowest BCUT2D eigenvalue weighted by Gasteiger charge is -2.10. The van der Waals surface area contributed by atoms with E-state index in [0.29, 0.717) is 5.82 Å².